The first-order valence-corrected chi connectivity index (χ1v) is 6.83. The molecule has 0 saturated heterocycles. The number of hydrogen-bond donors (Lipinski definition) is 1. The Kier molecular flexibility index (Phi) is 2.87. The fourth-order valence-electron chi connectivity index (χ4n) is 1.18. The summed E-state index contributed by atoms with van der Waals surface area (Å²) in [5.74, 6) is 0.249. The summed E-state index contributed by atoms with van der Waals surface area (Å²) < 4.78 is 27.7. The zero-order chi connectivity index (χ0) is 12.5. The van der Waals surface area contributed by atoms with E-state index in [0.717, 1.165) is 11.3 Å². The van der Waals surface area contributed by atoms with E-state index in [-0.39, 0.29) is 10.0 Å². The summed E-state index contributed by atoms with van der Waals surface area (Å²) in [6.45, 7) is 0. The Morgan fingerprint density at radius 1 is 1.47 bits per heavy atom. The van der Waals surface area contributed by atoms with E-state index in [1.807, 2.05) is 6.07 Å². The summed E-state index contributed by atoms with van der Waals surface area (Å²) in [7, 11) is -1.96. The molecule has 0 radical (unpaired) electrons. The number of nitrogens with zero attached hydrogens (tertiary/aromatic N) is 3. The number of nitriles is 1. The lowest BCUT2D eigenvalue weighted by molar-refractivity contribution is 0.603. The molecule has 0 aliphatic rings. The van der Waals surface area contributed by atoms with Crippen LogP contribution in [-0.2, 0) is 17.1 Å². The lowest BCUT2D eigenvalue weighted by atomic mass is 10.5. The molecule has 0 aliphatic heterocycles. The van der Waals surface area contributed by atoms with Crippen LogP contribution in [0.1, 0.15) is 4.88 Å². The van der Waals surface area contributed by atoms with E-state index >= 15 is 0 Å². The van der Waals surface area contributed by atoms with Crippen LogP contribution < -0.4 is 4.72 Å². The molecule has 0 fully saturated rings. The Morgan fingerprint density at radius 2 is 2.24 bits per heavy atom. The average molecular weight is 268 g/mol. The maximum Gasteiger partial charge on any atom is 0.272 e. The quantitative estimate of drug-likeness (QED) is 0.904. The van der Waals surface area contributed by atoms with Crippen molar-refractivity contribution in [2.75, 3.05) is 4.72 Å². The SMILES string of the molecule is Cn1ccc(NS(=O)(=O)c2ccc(C#N)s2)n1. The maximum absolute atomic E-state index is 11.9. The molecule has 0 amide bonds. The highest BCUT2D eigenvalue weighted by Crippen LogP contribution is 2.22. The molecule has 0 aromatic carbocycles. The largest absolute Gasteiger partial charge is 0.274 e. The minimum Gasteiger partial charge on any atom is -0.274 e. The van der Waals surface area contributed by atoms with E-state index in [0.29, 0.717) is 4.88 Å². The van der Waals surface area contributed by atoms with Gasteiger partial charge in [-0.3, -0.25) is 9.40 Å². The molecule has 2 aromatic heterocycles. The van der Waals surface area contributed by atoms with Crippen LogP contribution >= 0.6 is 11.3 Å². The van der Waals surface area contributed by atoms with E-state index in [4.69, 9.17) is 5.26 Å². The predicted octanol–water partition coefficient (Wildman–Crippen LogP) is 1.15. The highest BCUT2D eigenvalue weighted by atomic mass is 32.2. The van der Waals surface area contributed by atoms with Gasteiger partial charge in [-0.05, 0) is 12.1 Å². The van der Waals surface area contributed by atoms with Gasteiger partial charge < -0.3 is 0 Å². The van der Waals surface area contributed by atoms with Crippen molar-refractivity contribution >= 4 is 27.2 Å². The third kappa shape index (κ3) is 2.46. The number of sulfonamides is 1. The van der Waals surface area contributed by atoms with Gasteiger partial charge in [-0.15, -0.1) is 11.3 Å². The molecule has 0 unspecified atom stereocenters. The van der Waals surface area contributed by atoms with Gasteiger partial charge in [-0.25, -0.2) is 8.42 Å². The summed E-state index contributed by atoms with van der Waals surface area (Å²) in [6.07, 6.45) is 1.63. The topological polar surface area (TPSA) is 87.8 Å². The highest BCUT2D eigenvalue weighted by Gasteiger charge is 2.17. The Morgan fingerprint density at radius 3 is 2.76 bits per heavy atom. The van der Waals surface area contributed by atoms with Crippen molar-refractivity contribution in [1.82, 2.24) is 9.78 Å². The van der Waals surface area contributed by atoms with Crippen LogP contribution in [0.25, 0.3) is 0 Å². The second-order valence-electron chi connectivity index (χ2n) is 3.21. The van der Waals surface area contributed by atoms with Gasteiger partial charge in [0, 0.05) is 19.3 Å². The minimum absolute atomic E-state index is 0.0969. The molecule has 0 aliphatic carbocycles. The molecule has 0 bridgehead atoms. The second kappa shape index (κ2) is 4.20. The van der Waals surface area contributed by atoms with Crippen molar-refractivity contribution in [3.63, 3.8) is 0 Å². The summed E-state index contributed by atoms with van der Waals surface area (Å²) in [4.78, 5) is 0.353. The molecule has 6 nitrogen and oxygen atoms in total. The van der Waals surface area contributed by atoms with Crippen LogP contribution in [0.2, 0.25) is 0 Å². The molecule has 88 valence electrons. The summed E-state index contributed by atoms with van der Waals surface area (Å²) >= 11 is 0.920. The van der Waals surface area contributed by atoms with Crippen LogP contribution in [0.3, 0.4) is 0 Å². The van der Waals surface area contributed by atoms with E-state index < -0.39 is 10.0 Å². The molecule has 2 heterocycles. The average Bonchev–Trinajstić information content (AvgIpc) is 2.86. The molecule has 0 atom stereocenters. The number of aryl methyl sites for hydroxylation is 1. The number of anilines is 1. The molecule has 0 spiro atoms. The number of thiophene rings is 1. The van der Waals surface area contributed by atoms with Gasteiger partial charge in [-0.2, -0.15) is 10.4 Å². The van der Waals surface area contributed by atoms with Gasteiger partial charge in [-0.1, -0.05) is 0 Å². The standard InChI is InChI=1S/C9H8N4O2S2/c1-13-5-4-8(11-13)12-17(14,15)9-3-2-7(6-10)16-9/h2-5H,1H3,(H,11,12). The zero-order valence-corrected chi connectivity index (χ0v) is 10.4. The van der Waals surface area contributed by atoms with Crippen molar-refractivity contribution in [1.29, 1.82) is 5.26 Å². The van der Waals surface area contributed by atoms with Crippen molar-refractivity contribution in [2.45, 2.75) is 4.21 Å². The summed E-state index contributed by atoms with van der Waals surface area (Å²) in [5.41, 5.74) is 0. The van der Waals surface area contributed by atoms with E-state index in [1.54, 1.807) is 19.3 Å². The Labute approximate surface area is 102 Å². The highest BCUT2D eigenvalue weighted by molar-refractivity contribution is 7.94. The maximum atomic E-state index is 11.9. The van der Waals surface area contributed by atoms with Crippen LogP contribution in [0.4, 0.5) is 5.82 Å². The van der Waals surface area contributed by atoms with Gasteiger partial charge in [0.25, 0.3) is 10.0 Å². The summed E-state index contributed by atoms with van der Waals surface area (Å²) in [6, 6.07) is 6.31. The third-order valence-electron chi connectivity index (χ3n) is 1.91. The monoisotopic (exact) mass is 268 g/mol. The van der Waals surface area contributed by atoms with Crippen molar-refractivity contribution in [3.8, 4) is 6.07 Å². The number of nitrogens with one attached hydrogen (secondary N) is 1. The molecule has 8 heteroatoms. The predicted molar refractivity (Wildman–Crippen MR) is 63.1 cm³/mol. The minimum atomic E-state index is -3.65. The van der Waals surface area contributed by atoms with Crippen LogP contribution in [0.15, 0.2) is 28.6 Å². The molecule has 1 N–H and O–H groups in total. The van der Waals surface area contributed by atoms with E-state index in [9.17, 15) is 8.42 Å². The van der Waals surface area contributed by atoms with Crippen molar-refractivity contribution in [2.24, 2.45) is 7.05 Å². The second-order valence-corrected chi connectivity index (χ2v) is 6.20. The van der Waals surface area contributed by atoms with Gasteiger partial charge in [0.05, 0.1) is 0 Å². The first-order chi connectivity index (χ1) is 8.01. The lowest BCUT2D eigenvalue weighted by Gasteiger charge is -2.01. The molecular formula is C9H8N4O2S2. The first kappa shape index (κ1) is 11.6. The van der Waals surface area contributed by atoms with Gasteiger partial charge >= 0.3 is 0 Å². The fraction of sp³-hybridized carbons (Fsp3) is 0.111. The number of hydrogen-bond acceptors (Lipinski definition) is 5. The van der Waals surface area contributed by atoms with E-state index in [1.165, 1.54) is 16.8 Å². The summed E-state index contributed by atoms with van der Waals surface area (Å²) in [5, 5.41) is 12.6. The lowest BCUT2D eigenvalue weighted by Crippen LogP contribution is -2.12. The van der Waals surface area contributed by atoms with Gasteiger partial charge in [0.15, 0.2) is 5.82 Å². The van der Waals surface area contributed by atoms with Gasteiger partial charge in [0.2, 0.25) is 0 Å². The number of rotatable bonds is 3. The van der Waals surface area contributed by atoms with Crippen molar-refractivity contribution in [3.05, 3.63) is 29.3 Å². The first-order valence-electron chi connectivity index (χ1n) is 4.54. The Hall–Kier alpha value is -1.85. The van der Waals surface area contributed by atoms with E-state index in [2.05, 4.69) is 9.82 Å². The van der Waals surface area contributed by atoms with Crippen molar-refractivity contribution < 1.29 is 8.42 Å². The van der Waals surface area contributed by atoms with Crippen LogP contribution in [0.5, 0.6) is 0 Å². The molecule has 0 saturated carbocycles. The van der Waals surface area contributed by atoms with Crippen LogP contribution in [-0.4, -0.2) is 18.2 Å². The van der Waals surface area contributed by atoms with Crippen LogP contribution in [0, 0.1) is 11.3 Å². The Bertz CT molecular complexity index is 678. The normalized spacial score (nSPS) is 11.1. The Balaban J connectivity index is 2.28. The van der Waals surface area contributed by atoms with Gasteiger partial charge in [0.1, 0.15) is 15.2 Å². The molecule has 17 heavy (non-hydrogen) atoms. The molecular weight excluding hydrogens is 260 g/mol. The third-order valence-corrected chi connectivity index (χ3v) is 4.75. The molecule has 2 rings (SSSR count). The smallest absolute Gasteiger partial charge is 0.272 e. The fourth-order valence-corrected chi connectivity index (χ4v) is 3.28. The zero-order valence-electron chi connectivity index (χ0n) is 8.78. The number of aromatic nitrogens is 2. The molecule has 2 aromatic rings.